The van der Waals surface area contributed by atoms with Crippen LogP contribution in [0, 0.1) is 0 Å². The van der Waals surface area contributed by atoms with Gasteiger partial charge in [-0.15, -0.1) is 11.6 Å². The molecule has 0 atom stereocenters. The second-order valence-corrected chi connectivity index (χ2v) is 3.56. The van der Waals surface area contributed by atoms with Gasteiger partial charge in [0.05, 0.1) is 13.0 Å². The highest BCUT2D eigenvalue weighted by atomic mass is 35.5. The van der Waals surface area contributed by atoms with E-state index in [4.69, 9.17) is 20.9 Å². The zero-order valence-corrected chi connectivity index (χ0v) is 10.0. The maximum atomic E-state index is 5.57. The lowest BCUT2D eigenvalue weighted by molar-refractivity contribution is 0.405. The molecule has 0 saturated carbocycles. The minimum atomic E-state index is 0.247. The zero-order valence-electron chi connectivity index (χ0n) is 9.26. The summed E-state index contributed by atoms with van der Waals surface area (Å²) >= 11 is 5.57. The molecular formula is C12H11ClN2O2. The predicted octanol–water partition coefficient (Wildman–Crippen LogP) is 2.99. The molecule has 0 aliphatic carbocycles. The first-order valence-electron chi connectivity index (χ1n) is 5.02. The van der Waals surface area contributed by atoms with Gasteiger partial charge in [-0.25, -0.2) is 0 Å². The lowest BCUT2D eigenvalue weighted by Gasteiger charge is -1.99. The maximum Gasteiger partial charge on any atom is 0.250 e. The molecule has 0 radical (unpaired) electrons. The van der Waals surface area contributed by atoms with Crippen molar-refractivity contribution in [1.29, 1.82) is 0 Å². The highest BCUT2D eigenvalue weighted by molar-refractivity contribution is 6.16. The Morgan fingerprint density at radius 1 is 1.41 bits per heavy atom. The molecular weight excluding hydrogens is 240 g/mol. The second-order valence-electron chi connectivity index (χ2n) is 3.29. The summed E-state index contributed by atoms with van der Waals surface area (Å²) in [5.74, 6) is 1.97. The molecule has 0 aliphatic heterocycles. The summed E-state index contributed by atoms with van der Waals surface area (Å²) in [5, 5.41) is 3.69. The Bertz CT molecular complexity index is 523. The fourth-order valence-electron chi connectivity index (χ4n) is 1.30. The highest BCUT2D eigenvalue weighted by Crippen LogP contribution is 2.14. The number of nitrogens with zero attached hydrogens (tertiary/aromatic N) is 2. The van der Waals surface area contributed by atoms with Crippen LogP contribution in [0.1, 0.15) is 17.3 Å². The third-order valence-electron chi connectivity index (χ3n) is 2.12. The molecule has 0 amide bonds. The molecule has 0 spiro atoms. The zero-order chi connectivity index (χ0) is 12.1. The number of hydrogen-bond donors (Lipinski definition) is 0. The van der Waals surface area contributed by atoms with Crippen LogP contribution in [-0.2, 0) is 5.88 Å². The average molecular weight is 251 g/mol. The number of halogens is 1. The number of benzene rings is 1. The number of hydrogen-bond acceptors (Lipinski definition) is 4. The minimum Gasteiger partial charge on any atom is -0.497 e. The van der Waals surface area contributed by atoms with E-state index in [1.54, 1.807) is 13.2 Å². The molecule has 2 aromatic rings. The van der Waals surface area contributed by atoms with Crippen LogP contribution in [0.3, 0.4) is 0 Å². The Balaban J connectivity index is 2.13. The largest absolute Gasteiger partial charge is 0.497 e. The van der Waals surface area contributed by atoms with E-state index in [1.807, 2.05) is 30.3 Å². The molecule has 4 nitrogen and oxygen atoms in total. The Morgan fingerprint density at radius 3 is 3.00 bits per heavy atom. The number of ether oxygens (including phenoxy) is 1. The summed E-state index contributed by atoms with van der Waals surface area (Å²) in [6.07, 6.45) is 3.60. The van der Waals surface area contributed by atoms with Gasteiger partial charge in [-0.1, -0.05) is 17.3 Å². The van der Waals surface area contributed by atoms with Gasteiger partial charge < -0.3 is 9.26 Å². The predicted molar refractivity (Wildman–Crippen MR) is 65.8 cm³/mol. The van der Waals surface area contributed by atoms with Gasteiger partial charge in [0.1, 0.15) is 5.75 Å². The second kappa shape index (κ2) is 5.50. The molecule has 5 heteroatoms. The molecule has 0 fully saturated rings. The monoisotopic (exact) mass is 250 g/mol. The smallest absolute Gasteiger partial charge is 0.250 e. The molecule has 2 rings (SSSR count). The van der Waals surface area contributed by atoms with Crippen LogP contribution < -0.4 is 4.74 Å². The topological polar surface area (TPSA) is 48.2 Å². The Kier molecular flexibility index (Phi) is 3.77. The van der Waals surface area contributed by atoms with Gasteiger partial charge >= 0.3 is 0 Å². The highest BCUT2D eigenvalue weighted by Gasteiger charge is 2.00. The van der Waals surface area contributed by atoms with Crippen molar-refractivity contribution < 1.29 is 9.26 Å². The fraction of sp³-hybridized carbons (Fsp3) is 0.167. The molecule has 1 heterocycles. The summed E-state index contributed by atoms with van der Waals surface area (Å²) in [6, 6.07) is 7.67. The molecule has 17 heavy (non-hydrogen) atoms. The summed E-state index contributed by atoms with van der Waals surface area (Å²) in [4.78, 5) is 4.06. The molecule has 0 unspecified atom stereocenters. The normalized spacial score (nSPS) is 10.9. The summed E-state index contributed by atoms with van der Waals surface area (Å²) < 4.78 is 10.1. The molecule has 88 valence electrons. The van der Waals surface area contributed by atoms with Crippen molar-refractivity contribution >= 4 is 23.8 Å². The van der Waals surface area contributed by atoms with Crippen LogP contribution in [0.2, 0.25) is 0 Å². The molecule has 1 aromatic carbocycles. The van der Waals surface area contributed by atoms with Gasteiger partial charge in [0.15, 0.2) is 5.82 Å². The van der Waals surface area contributed by atoms with Crippen LogP contribution in [0.4, 0.5) is 0 Å². The molecule has 0 aliphatic rings. The van der Waals surface area contributed by atoms with Crippen molar-refractivity contribution in [3.8, 4) is 5.75 Å². The van der Waals surface area contributed by atoms with Crippen LogP contribution in [0.25, 0.3) is 12.2 Å². The van der Waals surface area contributed by atoms with Crippen LogP contribution in [0.5, 0.6) is 5.75 Å². The van der Waals surface area contributed by atoms with Gasteiger partial charge in [-0.3, -0.25) is 0 Å². The number of rotatable bonds is 4. The Hall–Kier alpha value is -1.81. The average Bonchev–Trinajstić information content (AvgIpc) is 2.84. The first-order valence-corrected chi connectivity index (χ1v) is 5.56. The molecule has 1 aromatic heterocycles. The molecule has 0 bridgehead atoms. The first kappa shape index (κ1) is 11.7. The third-order valence-corrected chi connectivity index (χ3v) is 2.35. The van der Waals surface area contributed by atoms with Crippen molar-refractivity contribution in [2.24, 2.45) is 0 Å². The summed E-state index contributed by atoms with van der Waals surface area (Å²) in [7, 11) is 1.63. The van der Waals surface area contributed by atoms with Crippen LogP contribution >= 0.6 is 11.6 Å². The van der Waals surface area contributed by atoms with E-state index in [2.05, 4.69) is 10.1 Å². The number of methoxy groups -OCH3 is 1. The van der Waals surface area contributed by atoms with Crippen molar-refractivity contribution in [1.82, 2.24) is 10.1 Å². The SMILES string of the molecule is COc1cccc(/C=C/c2nc(CCl)no2)c1. The van der Waals surface area contributed by atoms with Crippen molar-refractivity contribution in [2.75, 3.05) is 7.11 Å². The summed E-state index contributed by atoms with van der Waals surface area (Å²) in [6.45, 7) is 0. The van der Waals surface area contributed by atoms with E-state index in [0.717, 1.165) is 11.3 Å². The van der Waals surface area contributed by atoms with Crippen LogP contribution in [-0.4, -0.2) is 17.3 Å². The van der Waals surface area contributed by atoms with Gasteiger partial charge in [-0.05, 0) is 23.8 Å². The maximum absolute atomic E-state index is 5.57. The lowest BCUT2D eigenvalue weighted by atomic mass is 10.2. The fourth-order valence-corrected chi connectivity index (χ4v) is 1.41. The lowest BCUT2D eigenvalue weighted by Crippen LogP contribution is -1.82. The van der Waals surface area contributed by atoms with Crippen molar-refractivity contribution in [3.63, 3.8) is 0 Å². The van der Waals surface area contributed by atoms with Crippen molar-refractivity contribution in [3.05, 3.63) is 41.5 Å². The Labute approximate surface area is 104 Å². The van der Waals surface area contributed by atoms with E-state index in [0.29, 0.717) is 11.7 Å². The summed E-state index contributed by atoms with van der Waals surface area (Å²) in [5.41, 5.74) is 0.995. The van der Waals surface area contributed by atoms with Crippen molar-refractivity contribution in [2.45, 2.75) is 5.88 Å². The first-order chi connectivity index (χ1) is 8.31. The van der Waals surface area contributed by atoms with Crippen LogP contribution in [0.15, 0.2) is 28.8 Å². The van der Waals surface area contributed by atoms with E-state index in [-0.39, 0.29) is 5.88 Å². The minimum absolute atomic E-state index is 0.247. The quantitative estimate of drug-likeness (QED) is 0.783. The van der Waals surface area contributed by atoms with E-state index >= 15 is 0 Å². The standard InChI is InChI=1S/C12H11ClN2O2/c1-16-10-4-2-3-9(7-10)5-6-12-14-11(8-13)15-17-12/h2-7H,8H2,1H3/b6-5+. The van der Waals surface area contributed by atoms with Gasteiger partial charge in [-0.2, -0.15) is 4.98 Å². The van der Waals surface area contributed by atoms with Gasteiger partial charge in [0.2, 0.25) is 0 Å². The van der Waals surface area contributed by atoms with Gasteiger partial charge in [0, 0.05) is 6.08 Å². The molecule has 0 N–H and O–H groups in total. The third kappa shape index (κ3) is 3.07. The Morgan fingerprint density at radius 2 is 2.29 bits per heavy atom. The van der Waals surface area contributed by atoms with E-state index in [9.17, 15) is 0 Å². The number of alkyl halides is 1. The van der Waals surface area contributed by atoms with E-state index < -0.39 is 0 Å². The number of aromatic nitrogens is 2. The van der Waals surface area contributed by atoms with E-state index in [1.165, 1.54) is 0 Å². The van der Waals surface area contributed by atoms with Gasteiger partial charge in [0.25, 0.3) is 5.89 Å². The molecule has 0 saturated heterocycles.